The SMILES string of the molecule is CCNC(c1ccc(C(C)(C)C)cc1)c1sccc1CC. The van der Waals surface area contributed by atoms with E-state index in [0.717, 1.165) is 13.0 Å². The van der Waals surface area contributed by atoms with Crippen molar-refractivity contribution < 1.29 is 0 Å². The largest absolute Gasteiger partial charge is 0.306 e. The van der Waals surface area contributed by atoms with Crippen LogP contribution in [0.4, 0.5) is 0 Å². The maximum absolute atomic E-state index is 3.64. The summed E-state index contributed by atoms with van der Waals surface area (Å²) in [6.07, 6.45) is 1.10. The van der Waals surface area contributed by atoms with Crippen molar-refractivity contribution in [2.45, 2.75) is 52.5 Å². The molecule has 1 aromatic carbocycles. The van der Waals surface area contributed by atoms with E-state index in [1.807, 2.05) is 11.3 Å². The van der Waals surface area contributed by atoms with E-state index >= 15 is 0 Å². The minimum atomic E-state index is 0.212. The number of hydrogen-bond donors (Lipinski definition) is 1. The van der Waals surface area contributed by atoms with Gasteiger partial charge in [0.25, 0.3) is 0 Å². The third-order valence-corrected chi connectivity index (χ3v) is 4.97. The fourth-order valence-corrected chi connectivity index (χ4v) is 3.73. The second-order valence-electron chi connectivity index (χ2n) is 6.53. The molecule has 1 unspecified atom stereocenters. The average molecular weight is 301 g/mol. The van der Waals surface area contributed by atoms with Crippen LogP contribution < -0.4 is 5.32 Å². The molecular formula is C19H27NS. The first-order chi connectivity index (χ1) is 9.97. The molecule has 2 heteroatoms. The molecular weight excluding hydrogens is 274 g/mol. The van der Waals surface area contributed by atoms with Crippen LogP contribution in [-0.2, 0) is 11.8 Å². The monoisotopic (exact) mass is 301 g/mol. The molecule has 2 rings (SSSR count). The fourth-order valence-electron chi connectivity index (χ4n) is 2.63. The minimum Gasteiger partial charge on any atom is -0.306 e. The first-order valence-corrected chi connectivity index (χ1v) is 8.75. The molecule has 0 fully saturated rings. The molecule has 0 amide bonds. The van der Waals surface area contributed by atoms with Crippen molar-refractivity contribution in [2.75, 3.05) is 6.54 Å². The van der Waals surface area contributed by atoms with Crippen LogP contribution in [0.3, 0.4) is 0 Å². The van der Waals surface area contributed by atoms with Crippen molar-refractivity contribution >= 4 is 11.3 Å². The van der Waals surface area contributed by atoms with E-state index in [0.29, 0.717) is 6.04 Å². The Morgan fingerprint density at radius 3 is 2.24 bits per heavy atom. The molecule has 1 N–H and O–H groups in total. The number of benzene rings is 1. The van der Waals surface area contributed by atoms with Crippen LogP contribution in [0.2, 0.25) is 0 Å². The van der Waals surface area contributed by atoms with Gasteiger partial charge in [-0.05, 0) is 46.5 Å². The summed E-state index contributed by atoms with van der Waals surface area (Å²) < 4.78 is 0. The van der Waals surface area contributed by atoms with Crippen LogP contribution in [0.5, 0.6) is 0 Å². The standard InChI is InChI=1S/C19H27NS/c1-6-14-12-13-21-18(14)17(20-7-2)15-8-10-16(11-9-15)19(3,4)5/h8-13,17,20H,6-7H2,1-5H3. The van der Waals surface area contributed by atoms with Crippen LogP contribution in [0, 0.1) is 0 Å². The van der Waals surface area contributed by atoms with E-state index < -0.39 is 0 Å². The van der Waals surface area contributed by atoms with E-state index in [9.17, 15) is 0 Å². The van der Waals surface area contributed by atoms with Gasteiger partial charge in [-0.1, -0.05) is 58.9 Å². The van der Waals surface area contributed by atoms with E-state index in [2.05, 4.69) is 75.6 Å². The van der Waals surface area contributed by atoms with Gasteiger partial charge < -0.3 is 5.32 Å². The van der Waals surface area contributed by atoms with Crippen LogP contribution in [0.1, 0.15) is 62.2 Å². The molecule has 0 aliphatic carbocycles. The molecule has 1 atom stereocenters. The Morgan fingerprint density at radius 2 is 1.71 bits per heavy atom. The Hall–Kier alpha value is -1.12. The summed E-state index contributed by atoms with van der Waals surface area (Å²) in [5, 5.41) is 5.85. The molecule has 0 spiro atoms. The summed E-state index contributed by atoms with van der Waals surface area (Å²) in [6, 6.07) is 11.7. The van der Waals surface area contributed by atoms with Crippen LogP contribution in [-0.4, -0.2) is 6.54 Å². The van der Waals surface area contributed by atoms with Gasteiger partial charge in [0.2, 0.25) is 0 Å². The molecule has 0 bridgehead atoms. The lowest BCUT2D eigenvalue weighted by molar-refractivity contribution is 0.588. The quantitative estimate of drug-likeness (QED) is 0.789. The lowest BCUT2D eigenvalue weighted by Crippen LogP contribution is -2.22. The van der Waals surface area contributed by atoms with Crippen molar-refractivity contribution in [3.05, 3.63) is 57.3 Å². The molecule has 21 heavy (non-hydrogen) atoms. The predicted octanol–water partition coefficient (Wildman–Crippen LogP) is 5.31. The second kappa shape index (κ2) is 6.76. The summed E-state index contributed by atoms with van der Waals surface area (Å²) in [5.41, 5.74) is 4.43. The first kappa shape index (κ1) is 16.3. The van der Waals surface area contributed by atoms with Crippen molar-refractivity contribution in [3.63, 3.8) is 0 Å². The number of thiophene rings is 1. The van der Waals surface area contributed by atoms with E-state index in [4.69, 9.17) is 0 Å². The number of nitrogens with one attached hydrogen (secondary N) is 1. The Balaban J connectivity index is 2.35. The van der Waals surface area contributed by atoms with Gasteiger partial charge in [-0.2, -0.15) is 0 Å². The normalized spacial score (nSPS) is 13.4. The Bertz CT molecular complexity index is 560. The van der Waals surface area contributed by atoms with Gasteiger partial charge >= 0.3 is 0 Å². The Morgan fingerprint density at radius 1 is 1.05 bits per heavy atom. The minimum absolute atomic E-state index is 0.212. The summed E-state index contributed by atoms with van der Waals surface area (Å²) in [4.78, 5) is 1.46. The topological polar surface area (TPSA) is 12.0 Å². The summed E-state index contributed by atoms with van der Waals surface area (Å²) >= 11 is 1.86. The van der Waals surface area contributed by atoms with E-state index in [1.165, 1.54) is 21.6 Å². The molecule has 0 radical (unpaired) electrons. The third-order valence-electron chi connectivity index (χ3n) is 3.94. The van der Waals surface area contributed by atoms with E-state index in [1.54, 1.807) is 0 Å². The van der Waals surface area contributed by atoms with Crippen molar-refractivity contribution in [1.29, 1.82) is 0 Å². The molecule has 0 aliphatic rings. The molecule has 0 saturated heterocycles. The molecule has 0 aliphatic heterocycles. The van der Waals surface area contributed by atoms with Crippen molar-refractivity contribution in [3.8, 4) is 0 Å². The summed E-state index contributed by atoms with van der Waals surface area (Å²) in [5.74, 6) is 0. The second-order valence-corrected chi connectivity index (χ2v) is 7.47. The molecule has 1 nitrogen and oxygen atoms in total. The highest BCUT2D eigenvalue weighted by molar-refractivity contribution is 7.10. The highest BCUT2D eigenvalue weighted by atomic mass is 32.1. The van der Waals surface area contributed by atoms with Crippen LogP contribution >= 0.6 is 11.3 Å². The maximum atomic E-state index is 3.64. The third kappa shape index (κ3) is 3.75. The van der Waals surface area contributed by atoms with Gasteiger partial charge in [-0.15, -0.1) is 11.3 Å². The van der Waals surface area contributed by atoms with Crippen molar-refractivity contribution in [1.82, 2.24) is 5.32 Å². The number of hydrogen-bond acceptors (Lipinski definition) is 2. The lowest BCUT2D eigenvalue weighted by atomic mass is 9.86. The maximum Gasteiger partial charge on any atom is 0.0673 e. The highest BCUT2D eigenvalue weighted by Crippen LogP contribution is 2.31. The fraction of sp³-hybridized carbons (Fsp3) is 0.474. The Labute approximate surface area is 133 Å². The number of rotatable bonds is 5. The van der Waals surface area contributed by atoms with E-state index in [-0.39, 0.29) is 5.41 Å². The highest BCUT2D eigenvalue weighted by Gasteiger charge is 2.19. The summed E-state index contributed by atoms with van der Waals surface area (Å²) in [6.45, 7) is 12.2. The lowest BCUT2D eigenvalue weighted by Gasteiger charge is -2.22. The first-order valence-electron chi connectivity index (χ1n) is 7.87. The smallest absolute Gasteiger partial charge is 0.0673 e. The molecule has 1 aromatic heterocycles. The summed E-state index contributed by atoms with van der Waals surface area (Å²) in [7, 11) is 0. The van der Waals surface area contributed by atoms with Gasteiger partial charge in [0.15, 0.2) is 0 Å². The average Bonchev–Trinajstić information content (AvgIpc) is 2.92. The van der Waals surface area contributed by atoms with Crippen LogP contribution in [0.15, 0.2) is 35.7 Å². The van der Waals surface area contributed by atoms with Gasteiger partial charge in [0.05, 0.1) is 6.04 Å². The van der Waals surface area contributed by atoms with Gasteiger partial charge in [-0.25, -0.2) is 0 Å². The number of aryl methyl sites for hydroxylation is 1. The zero-order chi connectivity index (χ0) is 15.5. The molecule has 1 heterocycles. The van der Waals surface area contributed by atoms with Gasteiger partial charge in [0.1, 0.15) is 0 Å². The molecule has 0 saturated carbocycles. The van der Waals surface area contributed by atoms with Crippen LogP contribution in [0.25, 0.3) is 0 Å². The van der Waals surface area contributed by atoms with Crippen molar-refractivity contribution in [2.24, 2.45) is 0 Å². The van der Waals surface area contributed by atoms with Gasteiger partial charge in [0, 0.05) is 4.88 Å². The molecule has 114 valence electrons. The molecule has 2 aromatic rings. The van der Waals surface area contributed by atoms with Gasteiger partial charge in [-0.3, -0.25) is 0 Å². The zero-order valence-electron chi connectivity index (χ0n) is 13.9. The predicted molar refractivity (Wildman–Crippen MR) is 94.4 cm³/mol. The zero-order valence-corrected chi connectivity index (χ0v) is 14.7. The Kier molecular flexibility index (Phi) is 5.23.